The number of nitrogens with one attached hydrogen (secondary N) is 1. The largest absolute Gasteiger partial charge is 0.493 e. The van der Waals surface area contributed by atoms with Crippen LogP contribution in [-0.4, -0.2) is 68.4 Å². The number of carbonyl (C=O) groups excluding carboxylic acids is 2. The van der Waals surface area contributed by atoms with E-state index in [1.54, 1.807) is 38.1 Å². The van der Waals surface area contributed by atoms with Gasteiger partial charge in [0.1, 0.15) is 12.4 Å². The summed E-state index contributed by atoms with van der Waals surface area (Å²) in [6, 6.07) is 13.1. The molecule has 0 radical (unpaired) electrons. The van der Waals surface area contributed by atoms with Gasteiger partial charge in [-0.25, -0.2) is 4.68 Å². The molecule has 9 nitrogen and oxygen atoms in total. The Labute approximate surface area is 244 Å². The van der Waals surface area contributed by atoms with Crippen LogP contribution < -0.4 is 19.7 Å². The van der Waals surface area contributed by atoms with Gasteiger partial charge in [-0.1, -0.05) is 44.5 Å². The van der Waals surface area contributed by atoms with Gasteiger partial charge in [-0.05, 0) is 35.9 Å². The SMILES string of the molecule is COCCNC(=O)CN1C(=O)CSC(c2ccc(OC)c(OC)c2)c2c(C(C)(C)C)nn(-c3cccc(Cl)c3)c21. The zero-order chi connectivity index (χ0) is 29.0. The van der Waals surface area contributed by atoms with Gasteiger partial charge in [0, 0.05) is 29.7 Å². The fraction of sp³-hybridized carbons (Fsp3) is 0.414. The van der Waals surface area contributed by atoms with Crippen LogP contribution in [0.2, 0.25) is 5.02 Å². The first-order chi connectivity index (χ1) is 19.1. The van der Waals surface area contributed by atoms with Crippen molar-refractivity contribution in [3.63, 3.8) is 0 Å². The lowest BCUT2D eigenvalue weighted by molar-refractivity contribution is -0.123. The highest BCUT2D eigenvalue weighted by molar-refractivity contribution is 8.00. The van der Waals surface area contributed by atoms with Crippen LogP contribution in [-0.2, 0) is 19.7 Å². The molecule has 1 unspecified atom stereocenters. The smallest absolute Gasteiger partial charge is 0.240 e. The third-order valence-corrected chi connectivity index (χ3v) is 7.98. The standard InChI is InChI=1S/C29H35ClN4O5S/c1-29(2,3)27-25-26(18-10-11-21(38-5)22(14-18)39-6)40-17-24(36)33(16-23(35)31-12-13-37-4)28(25)34(32-27)20-9-7-8-19(30)15-20/h7-11,14-15,26H,12-13,16-17H2,1-6H3,(H,31,35). The molecule has 40 heavy (non-hydrogen) atoms. The van der Waals surface area contributed by atoms with Crippen molar-refractivity contribution in [2.24, 2.45) is 0 Å². The van der Waals surface area contributed by atoms with Crippen LogP contribution in [0.4, 0.5) is 5.82 Å². The molecule has 0 saturated carbocycles. The number of methoxy groups -OCH3 is 3. The number of hydrogen-bond acceptors (Lipinski definition) is 7. The number of hydrogen-bond donors (Lipinski definition) is 1. The summed E-state index contributed by atoms with van der Waals surface area (Å²) in [5.41, 5.74) is 2.91. The molecule has 0 bridgehead atoms. The molecule has 2 aromatic carbocycles. The lowest BCUT2D eigenvalue weighted by Gasteiger charge is -2.25. The summed E-state index contributed by atoms with van der Waals surface area (Å²) in [4.78, 5) is 28.3. The maximum atomic E-state index is 13.7. The molecule has 2 amide bonds. The number of aromatic nitrogens is 2. The van der Waals surface area contributed by atoms with Crippen molar-refractivity contribution in [2.45, 2.75) is 31.4 Å². The van der Waals surface area contributed by atoms with Crippen molar-refractivity contribution in [3.8, 4) is 17.2 Å². The number of fused-ring (bicyclic) bond motifs is 1. The number of benzene rings is 2. The minimum atomic E-state index is -0.386. The summed E-state index contributed by atoms with van der Waals surface area (Å²) in [7, 11) is 4.76. The van der Waals surface area contributed by atoms with E-state index in [0.29, 0.717) is 41.2 Å². The van der Waals surface area contributed by atoms with Gasteiger partial charge in [-0.15, -0.1) is 11.8 Å². The van der Waals surface area contributed by atoms with Crippen LogP contribution in [0.3, 0.4) is 0 Å². The summed E-state index contributed by atoms with van der Waals surface area (Å²) in [6.45, 7) is 6.81. The van der Waals surface area contributed by atoms with Crippen molar-refractivity contribution >= 4 is 41.0 Å². The number of nitrogens with zero attached hydrogens (tertiary/aromatic N) is 3. The van der Waals surface area contributed by atoms with Crippen LogP contribution in [0.25, 0.3) is 5.69 Å². The molecule has 1 aromatic heterocycles. The van der Waals surface area contributed by atoms with Crippen molar-refractivity contribution < 1.29 is 23.8 Å². The average Bonchev–Trinajstić information content (AvgIpc) is 3.26. The molecule has 214 valence electrons. The van der Waals surface area contributed by atoms with Gasteiger partial charge in [0.25, 0.3) is 0 Å². The molecular weight excluding hydrogens is 552 g/mol. The van der Waals surface area contributed by atoms with Gasteiger partial charge in [0.2, 0.25) is 11.8 Å². The molecule has 0 saturated heterocycles. The van der Waals surface area contributed by atoms with Crippen LogP contribution in [0.1, 0.15) is 42.8 Å². The molecule has 3 aromatic rings. The van der Waals surface area contributed by atoms with Gasteiger partial charge in [-0.2, -0.15) is 5.10 Å². The van der Waals surface area contributed by atoms with Gasteiger partial charge >= 0.3 is 0 Å². The first-order valence-electron chi connectivity index (χ1n) is 12.9. The Bertz CT molecular complexity index is 1390. The van der Waals surface area contributed by atoms with E-state index < -0.39 is 0 Å². The molecule has 1 N–H and O–H groups in total. The van der Waals surface area contributed by atoms with Gasteiger partial charge in [-0.3, -0.25) is 14.5 Å². The molecule has 1 atom stereocenters. The number of anilines is 1. The second-order valence-electron chi connectivity index (χ2n) is 10.4. The maximum absolute atomic E-state index is 13.7. The highest BCUT2D eigenvalue weighted by Crippen LogP contribution is 2.49. The van der Waals surface area contributed by atoms with Crippen LogP contribution in [0.5, 0.6) is 11.5 Å². The highest BCUT2D eigenvalue weighted by Gasteiger charge is 2.40. The monoisotopic (exact) mass is 586 g/mol. The lowest BCUT2D eigenvalue weighted by Crippen LogP contribution is -2.43. The Kier molecular flexibility index (Phi) is 9.33. The highest BCUT2D eigenvalue weighted by atomic mass is 35.5. The molecule has 2 heterocycles. The fourth-order valence-electron chi connectivity index (χ4n) is 4.63. The van der Waals surface area contributed by atoms with Crippen molar-refractivity contribution in [3.05, 3.63) is 64.3 Å². The number of rotatable bonds is 9. The number of ether oxygens (including phenoxy) is 3. The molecule has 4 rings (SSSR count). The van der Waals surface area contributed by atoms with E-state index in [2.05, 4.69) is 26.1 Å². The van der Waals surface area contributed by atoms with E-state index in [1.165, 1.54) is 16.7 Å². The van der Waals surface area contributed by atoms with E-state index in [0.717, 1.165) is 16.8 Å². The van der Waals surface area contributed by atoms with Crippen LogP contribution in [0.15, 0.2) is 42.5 Å². The van der Waals surface area contributed by atoms with Gasteiger partial charge in [0.15, 0.2) is 11.5 Å². The van der Waals surface area contributed by atoms with Crippen LogP contribution >= 0.6 is 23.4 Å². The minimum Gasteiger partial charge on any atom is -0.493 e. The number of thioether (sulfide) groups is 1. The lowest BCUT2D eigenvalue weighted by atomic mass is 9.87. The minimum absolute atomic E-state index is 0.162. The van der Waals surface area contributed by atoms with E-state index >= 15 is 0 Å². The topological polar surface area (TPSA) is 94.9 Å². The van der Waals surface area contributed by atoms with Crippen LogP contribution in [0, 0.1) is 0 Å². The number of amides is 2. The van der Waals surface area contributed by atoms with E-state index in [-0.39, 0.29) is 34.8 Å². The second kappa shape index (κ2) is 12.5. The Morgan fingerprint density at radius 3 is 2.52 bits per heavy atom. The Hall–Kier alpha value is -3.21. The first kappa shape index (κ1) is 29.8. The summed E-state index contributed by atoms with van der Waals surface area (Å²) >= 11 is 7.88. The molecule has 1 aliphatic rings. The third kappa shape index (κ3) is 6.24. The second-order valence-corrected chi connectivity index (χ2v) is 11.9. The summed E-state index contributed by atoms with van der Waals surface area (Å²) in [5, 5.41) is 8.17. The Morgan fingerprint density at radius 2 is 1.88 bits per heavy atom. The normalized spacial score (nSPS) is 15.4. The van der Waals surface area contributed by atoms with Gasteiger partial charge in [0.05, 0.1) is 43.2 Å². The molecule has 0 spiro atoms. The average molecular weight is 587 g/mol. The predicted molar refractivity (Wildman–Crippen MR) is 158 cm³/mol. The Morgan fingerprint density at radius 1 is 1.12 bits per heavy atom. The quantitative estimate of drug-likeness (QED) is 0.361. The van der Waals surface area contributed by atoms with E-state index in [4.69, 9.17) is 30.9 Å². The zero-order valence-corrected chi connectivity index (χ0v) is 25.2. The summed E-state index contributed by atoms with van der Waals surface area (Å²) in [6.07, 6.45) is 0. The summed E-state index contributed by atoms with van der Waals surface area (Å²) < 4.78 is 17.9. The Balaban J connectivity index is 1.97. The van der Waals surface area contributed by atoms with Crippen molar-refractivity contribution in [1.82, 2.24) is 15.1 Å². The predicted octanol–water partition coefficient (Wildman–Crippen LogP) is 4.77. The van der Waals surface area contributed by atoms with Crippen molar-refractivity contribution in [1.29, 1.82) is 0 Å². The molecule has 11 heteroatoms. The molecule has 0 aliphatic carbocycles. The van der Waals surface area contributed by atoms with Gasteiger partial charge < -0.3 is 19.5 Å². The number of halogens is 1. The summed E-state index contributed by atoms with van der Waals surface area (Å²) in [5.74, 6) is 1.43. The van der Waals surface area contributed by atoms with E-state index in [1.807, 2.05) is 30.3 Å². The zero-order valence-electron chi connectivity index (χ0n) is 23.6. The number of carbonyl (C=O) groups is 2. The maximum Gasteiger partial charge on any atom is 0.240 e. The molecule has 0 fully saturated rings. The molecular formula is C29H35ClN4O5S. The van der Waals surface area contributed by atoms with E-state index in [9.17, 15) is 9.59 Å². The molecule has 1 aliphatic heterocycles. The first-order valence-corrected chi connectivity index (χ1v) is 14.3. The third-order valence-electron chi connectivity index (χ3n) is 6.49. The van der Waals surface area contributed by atoms with Crippen molar-refractivity contribution in [2.75, 3.05) is 51.7 Å². The fourth-order valence-corrected chi connectivity index (χ4v) is 6.00.